The third kappa shape index (κ3) is 4.27. The fourth-order valence-electron chi connectivity index (χ4n) is 5.64. The summed E-state index contributed by atoms with van der Waals surface area (Å²) in [4.78, 5) is 24.2. The highest BCUT2D eigenvalue weighted by Gasteiger charge is 2.38. The Morgan fingerprint density at radius 3 is 2.53 bits per heavy atom. The second-order valence-corrected chi connectivity index (χ2v) is 9.57. The highest BCUT2D eigenvalue weighted by molar-refractivity contribution is 6.01. The van der Waals surface area contributed by atoms with E-state index in [9.17, 15) is 13.6 Å². The Hall–Kier alpha value is -3.35. The summed E-state index contributed by atoms with van der Waals surface area (Å²) in [5, 5.41) is 0. The molecule has 1 aromatic carbocycles. The van der Waals surface area contributed by atoms with Gasteiger partial charge in [0.05, 0.1) is 16.9 Å². The summed E-state index contributed by atoms with van der Waals surface area (Å²) in [7, 11) is 0. The molecule has 1 aliphatic carbocycles. The lowest BCUT2D eigenvalue weighted by Gasteiger charge is -2.42. The Balaban J connectivity index is 1.43. The minimum absolute atomic E-state index is 0.0147. The van der Waals surface area contributed by atoms with Crippen LogP contribution in [0, 0.1) is 17.0 Å². The zero-order valence-corrected chi connectivity index (χ0v) is 19.1. The minimum atomic E-state index is -0.740. The van der Waals surface area contributed by atoms with Gasteiger partial charge in [-0.25, -0.2) is 13.8 Å². The van der Waals surface area contributed by atoms with Crippen molar-refractivity contribution in [2.45, 2.75) is 44.9 Å². The van der Waals surface area contributed by atoms with Crippen molar-refractivity contribution in [2.75, 3.05) is 23.7 Å². The molecule has 7 heteroatoms. The molecular formula is C27H28F2N4O. The van der Waals surface area contributed by atoms with E-state index in [1.165, 1.54) is 50.3 Å². The van der Waals surface area contributed by atoms with Crippen LogP contribution in [0.4, 0.5) is 20.2 Å². The van der Waals surface area contributed by atoms with E-state index in [-0.39, 0.29) is 34.8 Å². The summed E-state index contributed by atoms with van der Waals surface area (Å²) in [6.45, 7) is 1.95. The summed E-state index contributed by atoms with van der Waals surface area (Å²) >= 11 is 0. The standard InChI is InChI=1S/C27H28F2N4O/c28-19-5-3-6-20(29)25(19)22-8-7-21(30)26(32-22)24(34)15-18-16-31-13-9-23(18)33-14-4-12-27(17-33)10-1-2-11-27/h3,5-9,13,16H,1-2,4,10-12,14-15,17,30H2. The first-order valence-corrected chi connectivity index (χ1v) is 11.9. The molecule has 5 rings (SSSR count). The number of carbonyl (C=O) groups excluding carboxylic acids is 1. The first kappa shape index (κ1) is 22.4. The average molecular weight is 463 g/mol. The number of hydrogen-bond acceptors (Lipinski definition) is 5. The number of aromatic nitrogens is 2. The number of nitrogens with zero attached hydrogens (tertiary/aromatic N) is 3. The maximum absolute atomic E-state index is 14.3. The van der Waals surface area contributed by atoms with E-state index in [1.54, 1.807) is 12.4 Å². The van der Waals surface area contributed by atoms with Crippen molar-refractivity contribution in [1.29, 1.82) is 0 Å². The second-order valence-electron chi connectivity index (χ2n) is 9.57. The molecule has 1 spiro atoms. The van der Waals surface area contributed by atoms with Gasteiger partial charge in [0.1, 0.15) is 17.3 Å². The van der Waals surface area contributed by atoms with E-state index in [1.807, 2.05) is 6.07 Å². The number of carbonyl (C=O) groups is 1. The molecule has 34 heavy (non-hydrogen) atoms. The Labute approximate surface area is 198 Å². The van der Waals surface area contributed by atoms with E-state index in [0.717, 1.165) is 42.9 Å². The number of ketones is 1. The molecule has 176 valence electrons. The quantitative estimate of drug-likeness (QED) is 0.501. The summed E-state index contributed by atoms with van der Waals surface area (Å²) in [5.74, 6) is -1.79. The zero-order chi connectivity index (χ0) is 23.7. The molecule has 0 radical (unpaired) electrons. The number of hydrogen-bond donors (Lipinski definition) is 1. The maximum atomic E-state index is 14.3. The molecule has 3 heterocycles. The molecule has 2 N–H and O–H groups in total. The molecule has 3 aromatic rings. The van der Waals surface area contributed by atoms with Crippen molar-refractivity contribution in [3.05, 3.63) is 71.7 Å². The number of benzene rings is 1. The molecule has 1 saturated heterocycles. The van der Waals surface area contributed by atoms with Gasteiger partial charge in [0.25, 0.3) is 0 Å². The average Bonchev–Trinajstić information content (AvgIpc) is 3.27. The van der Waals surface area contributed by atoms with Crippen LogP contribution in [0.1, 0.15) is 54.6 Å². The number of pyridine rings is 2. The number of halogens is 2. The fraction of sp³-hybridized carbons (Fsp3) is 0.370. The van der Waals surface area contributed by atoms with E-state index >= 15 is 0 Å². The Morgan fingerprint density at radius 1 is 1.03 bits per heavy atom. The number of anilines is 2. The minimum Gasteiger partial charge on any atom is -0.397 e. The summed E-state index contributed by atoms with van der Waals surface area (Å²) in [6.07, 6.45) is 11.1. The molecular weight excluding hydrogens is 434 g/mol. The van der Waals surface area contributed by atoms with E-state index < -0.39 is 11.6 Å². The Morgan fingerprint density at radius 2 is 1.76 bits per heavy atom. The lowest BCUT2D eigenvalue weighted by Crippen LogP contribution is -2.42. The van der Waals surface area contributed by atoms with Gasteiger partial charge >= 0.3 is 0 Å². The number of nitrogens with two attached hydrogens (primary N) is 1. The topological polar surface area (TPSA) is 72.1 Å². The fourth-order valence-corrected chi connectivity index (χ4v) is 5.64. The summed E-state index contributed by atoms with van der Waals surface area (Å²) in [5.41, 5.74) is 8.24. The first-order valence-electron chi connectivity index (χ1n) is 11.9. The molecule has 2 fully saturated rings. The molecule has 0 bridgehead atoms. The van der Waals surface area contributed by atoms with Crippen molar-refractivity contribution in [2.24, 2.45) is 5.41 Å². The van der Waals surface area contributed by atoms with Crippen LogP contribution in [-0.2, 0) is 6.42 Å². The number of nitrogen functional groups attached to an aromatic ring is 1. The van der Waals surface area contributed by atoms with Crippen LogP contribution in [0.3, 0.4) is 0 Å². The largest absolute Gasteiger partial charge is 0.397 e. The van der Waals surface area contributed by atoms with Crippen LogP contribution < -0.4 is 10.6 Å². The van der Waals surface area contributed by atoms with Crippen LogP contribution in [0.25, 0.3) is 11.3 Å². The van der Waals surface area contributed by atoms with Gasteiger partial charge in [-0.05, 0) is 61.4 Å². The van der Waals surface area contributed by atoms with E-state index in [4.69, 9.17) is 5.73 Å². The molecule has 1 saturated carbocycles. The second kappa shape index (κ2) is 9.12. The van der Waals surface area contributed by atoms with Gasteiger partial charge in [0, 0.05) is 43.2 Å². The third-order valence-electron chi connectivity index (χ3n) is 7.30. The first-order chi connectivity index (χ1) is 16.5. The molecule has 0 atom stereocenters. The van der Waals surface area contributed by atoms with Gasteiger partial charge in [0.2, 0.25) is 0 Å². The van der Waals surface area contributed by atoms with Crippen molar-refractivity contribution in [1.82, 2.24) is 9.97 Å². The monoisotopic (exact) mass is 462 g/mol. The van der Waals surface area contributed by atoms with Crippen LogP contribution in [0.2, 0.25) is 0 Å². The smallest absolute Gasteiger partial charge is 0.187 e. The van der Waals surface area contributed by atoms with Crippen LogP contribution >= 0.6 is 0 Å². The predicted molar refractivity (Wildman–Crippen MR) is 129 cm³/mol. The summed E-state index contributed by atoms with van der Waals surface area (Å²) < 4.78 is 28.6. The van der Waals surface area contributed by atoms with Gasteiger partial charge in [-0.1, -0.05) is 18.9 Å². The van der Waals surface area contributed by atoms with Crippen molar-refractivity contribution in [3.63, 3.8) is 0 Å². The van der Waals surface area contributed by atoms with E-state index in [0.29, 0.717) is 5.41 Å². The predicted octanol–water partition coefficient (Wildman–Crippen LogP) is 5.59. The number of piperidine rings is 1. The maximum Gasteiger partial charge on any atom is 0.187 e. The van der Waals surface area contributed by atoms with Gasteiger partial charge in [-0.2, -0.15) is 0 Å². The van der Waals surface area contributed by atoms with Crippen molar-refractivity contribution in [3.8, 4) is 11.3 Å². The molecule has 0 unspecified atom stereocenters. The summed E-state index contributed by atoms with van der Waals surface area (Å²) in [6, 6.07) is 8.49. The van der Waals surface area contributed by atoms with Crippen molar-refractivity contribution < 1.29 is 13.6 Å². The zero-order valence-electron chi connectivity index (χ0n) is 19.1. The van der Waals surface area contributed by atoms with Gasteiger partial charge in [0.15, 0.2) is 5.78 Å². The lowest BCUT2D eigenvalue weighted by molar-refractivity contribution is 0.0989. The normalized spacial score (nSPS) is 17.3. The molecule has 2 aromatic heterocycles. The highest BCUT2D eigenvalue weighted by Crippen LogP contribution is 2.46. The van der Waals surface area contributed by atoms with Crippen LogP contribution in [0.15, 0.2) is 48.8 Å². The highest BCUT2D eigenvalue weighted by atomic mass is 19.1. The van der Waals surface area contributed by atoms with Crippen LogP contribution in [-0.4, -0.2) is 28.8 Å². The molecule has 0 amide bonds. The van der Waals surface area contributed by atoms with Gasteiger partial charge in [-0.15, -0.1) is 0 Å². The number of Topliss-reactive ketones (excluding diaryl/α,β-unsaturated/α-hetero) is 1. The van der Waals surface area contributed by atoms with E-state index in [2.05, 4.69) is 14.9 Å². The Bertz CT molecular complexity index is 1200. The van der Waals surface area contributed by atoms with Gasteiger partial charge < -0.3 is 10.6 Å². The molecule has 1 aliphatic heterocycles. The molecule has 5 nitrogen and oxygen atoms in total. The number of rotatable bonds is 5. The lowest BCUT2D eigenvalue weighted by atomic mass is 9.78. The Kier molecular flexibility index (Phi) is 6.02. The molecule has 2 aliphatic rings. The van der Waals surface area contributed by atoms with Crippen molar-refractivity contribution >= 4 is 17.2 Å². The van der Waals surface area contributed by atoms with Gasteiger partial charge in [-0.3, -0.25) is 9.78 Å². The third-order valence-corrected chi connectivity index (χ3v) is 7.30. The van der Waals surface area contributed by atoms with Crippen LogP contribution in [0.5, 0.6) is 0 Å². The SMILES string of the molecule is Nc1ccc(-c2c(F)cccc2F)nc1C(=O)Cc1cnccc1N1CCCC2(CCCC2)C1.